The maximum atomic E-state index is 10.3. The smallest absolute Gasteiger partial charge is 0.161 e. The number of hydrogen-bond acceptors (Lipinski definition) is 4. The largest absolute Gasteiger partial charge is 0.493 e. The zero-order chi connectivity index (χ0) is 14.8. The third kappa shape index (κ3) is 5.77. The van der Waals surface area contributed by atoms with Gasteiger partial charge in [-0.25, -0.2) is 5.11 Å². The zero-order valence-electron chi connectivity index (χ0n) is 12.2. The van der Waals surface area contributed by atoms with Gasteiger partial charge in [-0.1, -0.05) is 6.07 Å². The molecule has 0 saturated carbocycles. The van der Waals surface area contributed by atoms with E-state index in [1.807, 2.05) is 18.2 Å². The molecule has 0 heterocycles. The predicted molar refractivity (Wildman–Crippen MR) is 76.7 cm³/mol. The van der Waals surface area contributed by atoms with Crippen molar-refractivity contribution in [1.29, 1.82) is 0 Å². The number of unbranched alkanes of at least 4 members (excludes halogenated alkanes) is 1. The molecule has 1 rings (SSSR count). The fraction of sp³-hybridized carbons (Fsp3) is 0.600. The minimum absolute atomic E-state index is 0.0637. The Bertz CT molecular complexity index is 384. The van der Waals surface area contributed by atoms with Crippen LogP contribution in [0.2, 0.25) is 0 Å². The van der Waals surface area contributed by atoms with E-state index in [4.69, 9.17) is 9.47 Å². The Balaban J connectivity index is 2.34. The molecule has 1 unspecified atom stereocenters. The average molecular weight is 282 g/mol. The summed E-state index contributed by atoms with van der Waals surface area (Å²) in [6.07, 6.45) is 1.68. The standard InChI is InChI=1S/C15H24NO4/c1-19-14-7-6-12(9-15(14)20-2)10-16-11-13(18)5-3-4-8-17/h6-7,9,13,16,18H,3-5,8,10-11H2,1-2H3. The van der Waals surface area contributed by atoms with Gasteiger partial charge in [0.25, 0.3) is 0 Å². The summed E-state index contributed by atoms with van der Waals surface area (Å²) in [7, 11) is 3.21. The second-order valence-electron chi connectivity index (χ2n) is 4.67. The third-order valence-corrected chi connectivity index (χ3v) is 3.09. The van der Waals surface area contributed by atoms with E-state index in [0.717, 1.165) is 12.0 Å². The monoisotopic (exact) mass is 282 g/mol. The second-order valence-corrected chi connectivity index (χ2v) is 4.67. The summed E-state index contributed by atoms with van der Waals surface area (Å²) in [5, 5.41) is 23.2. The van der Waals surface area contributed by atoms with Gasteiger partial charge in [0.2, 0.25) is 0 Å². The maximum absolute atomic E-state index is 10.3. The van der Waals surface area contributed by atoms with Crippen LogP contribution < -0.4 is 14.8 Å². The summed E-state index contributed by atoms with van der Waals surface area (Å²) in [6, 6.07) is 5.73. The number of methoxy groups -OCH3 is 2. The molecular formula is C15H24NO4. The van der Waals surface area contributed by atoms with Crippen molar-refractivity contribution in [2.24, 2.45) is 0 Å². The average Bonchev–Trinajstić information content (AvgIpc) is 2.47. The van der Waals surface area contributed by atoms with Crippen molar-refractivity contribution in [2.75, 3.05) is 27.4 Å². The van der Waals surface area contributed by atoms with Crippen molar-refractivity contribution in [3.8, 4) is 11.5 Å². The molecular weight excluding hydrogens is 258 g/mol. The van der Waals surface area contributed by atoms with Crippen LogP contribution in [-0.4, -0.2) is 38.6 Å². The summed E-state index contributed by atoms with van der Waals surface area (Å²) in [5.74, 6) is 1.40. The highest BCUT2D eigenvalue weighted by Crippen LogP contribution is 2.27. The van der Waals surface area contributed by atoms with E-state index in [2.05, 4.69) is 5.32 Å². The molecule has 20 heavy (non-hydrogen) atoms. The lowest BCUT2D eigenvalue weighted by molar-refractivity contribution is 0.145. The minimum Gasteiger partial charge on any atom is -0.493 e. The molecule has 0 fully saturated rings. The highest BCUT2D eigenvalue weighted by Gasteiger charge is 2.06. The Morgan fingerprint density at radius 1 is 1.20 bits per heavy atom. The van der Waals surface area contributed by atoms with Crippen LogP contribution in [0.15, 0.2) is 18.2 Å². The third-order valence-electron chi connectivity index (χ3n) is 3.09. The van der Waals surface area contributed by atoms with Gasteiger partial charge in [-0.3, -0.25) is 0 Å². The van der Waals surface area contributed by atoms with E-state index in [9.17, 15) is 10.2 Å². The van der Waals surface area contributed by atoms with Gasteiger partial charge in [0.1, 0.15) is 0 Å². The van der Waals surface area contributed by atoms with Gasteiger partial charge < -0.3 is 19.9 Å². The minimum atomic E-state index is -0.401. The number of ether oxygens (including phenoxy) is 2. The number of aliphatic hydroxyl groups is 1. The molecule has 0 aromatic heterocycles. The van der Waals surface area contributed by atoms with Gasteiger partial charge >= 0.3 is 0 Å². The maximum Gasteiger partial charge on any atom is 0.161 e. The fourth-order valence-electron chi connectivity index (χ4n) is 1.96. The Kier molecular flexibility index (Phi) is 8.02. The van der Waals surface area contributed by atoms with Crippen molar-refractivity contribution >= 4 is 0 Å². The van der Waals surface area contributed by atoms with Gasteiger partial charge in [-0.2, -0.15) is 0 Å². The molecule has 0 bridgehead atoms. The first-order valence-electron chi connectivity index (χ1n) is 6.89. The molecule has 5 heteroatoms. The quantitative estimate of drug-likeness (QED) is 0.641. The van der Waals surface area contributed by atoms with E-state index < -0.39 is 6.10 Å². The molecule has 0 spiro atoms. The van der Waals surface area contributed by atoms with Crippen molar-refractivity contribution in [2.45, 2.75) is 31.9 Å². The van der Waals surface area contributed by atoms with E-state index in [1.54, 1.807) is 14.2 Å². The van der Waals surface area contributed by atoms with Crippen molar-refractivity contribution in [1.82, 2.24) is 5.32 Å². The zero-order valence-corrected chi connectivity index (χ0v) is 12.2. The molecule has 1 aromatic carbocycles. The highest BCUT2D eigenvalue weighted by molar-refractivity contribution is 5.42. The summed E-state index contributed by atoms with van der Waals surface area (Å²) < 4.78 is 10.4. The van der Waals surface area contributed by atoms with Crippen LogP contribution in [-0.2, 0) is 11.7 Å². The topological polar surface area (TPSA) is 70.6 Å². The molecule has 1 aromatic rings. The van der Waals surface area contributed by atoms with Gasteiger partial charge in [-0.05, 0) is 37.0 Å². The fourth-order valence-corrected chi connectivity index (χ4v) is 1.96. The second kappa shape index (κ2) is 9.58. The molecule has 0 aliphatic rings. The van der Waals surface area contributed by atoms with Gasteiger partial charge in [0, 0.05) is 13.1 Å². The van der Waals surface area contributed by atoms with Crippen molar-refractivity contribution in [3.63, 3.8) is 0 Å². The Labute approximate surface area is 120 Å². The van der Waals surface area contributed by atoms with Gasteiger partial charge in [-0.15, -0.1) is 0 Å². The lowest BCUT2D eigenvalue weighted by Crippen LogP contribution is -2.26. The van der Waals surface area contributed by atoms with E-state index in [-0.39, 0.29) is 6.61 Å². The first kappa shape index (κ1) is 16.8. The van der Waals surface area contributed by atoms with Crippen LogP contribution in [0.4, 0.5) is 0 Å². The molecule has 5 nitrogen and oxygen atoms in total. The molecule has 2 N–H and O–H groups in total. The molecule has 1 atom stereocenters. The first-order chi connectivity index (χ1) is 9.71. The SMILES string of the molecule is COc1ccc(CNCC(O)CCCC[O])cc1OC. The molecule has 1 radical (unpaired) electrons. The summed E-state index contributed by atoms with van der Waals surface area (Å²) >= 11 is 0. The van der Waals surface area contributed by atoms with Crippen LogP contribution in [0.1, 0.15) is 24.8 Å². The number of nitrogens with one attached hydrogen (secondary N) is 1. The molecule has 0 amide bonds. The Morgan fingerprint density at radius 3 is 2.60 bits per heavy atom. The normalized spacial score (nSPS) is 12.2. The van der Waals surface area contributed by atoms with E-state index in [1.165, 1.54) is 0 Å². The lowest BCUT2D eigenvalue weighted by atomic mass is 10.1. The number of aliphatic hydroxyl groups excluding tert-OH is 1. The highest BCUT2D eigenvalue weighted by atomic mass is 16.5. The van der Waals surface area contributed by atoms with Crippen LogP contribution in [0.3, 0.4) is 0 Å². The molecule has 0 aliphatic heterocycles. The van der Waals surface area contributed by atoms with E-state index in [0.29, 0.717) is 37.4 Å². The Hall–Kier alpha value is -1.30. The number of benzene rings is 1. The summed E-state index contributed by atoms with van der Waals surface area (Å²) in [4.78, 5) is 0. The van der Waals surface area contributed by atoms with Crippen LogP contribution in [0.25, 0.3) is 0 Å². The van der Waals surface area contributed by atoms with Crippen LogP contribution in [0.5, 0.6) is 11.5 Å². The number of rotatable bonds is 10. The molecule has 113 valence electrons. The van der Waals surface area contributed by atoms with E-state index >= 15 is 0 Å². The first-order valence-corrected chi connectivity index (χ1v) is 6.89. The predicted octanol–water partition coefficient (Wildman–Crippen LogP) is 1.76. The van der Waals surface area contributed by atoms with Crippen molar-refractivity contribution < 1.29 is 19.7 Å². The lowest BCUT2D eigenvalue weighted by Gasteiger charge is -2.13. The van der Waals surface area contributed by atoms with Gasteiger partial charge in [0.05, 0.1) is 26.9 Å². The summed E-state index contributed by atoms with van der Waals surface area (Å²) in [5.41, 5.74) is 1.06. The number of hydrogen-bond donors (Lipinski definition) is 2. The molecule has 0 aliphatic carbocycles. The Morgan fingerprint density at radius 2 is 1.95 bits per heavy atom. The van der Waals surface area contributed by atoms with Gasteiger partial charge in [0.15, 0.2) is 11.5 Å². The molecule has 0 saturated heterocycles. The van der Waals surface area contributed by atoms with Crippen molar-refractivity contribution in [3.05, 3.63) is 23.8 Å². The van der Waals surface area contributed by atoms with Crippen LogP contribution >= 0.6 is 0 Å². The van der Waals surface area contributed by atoms with Crippen LogP contribution in [0, 0.1) is 0 Å². The summed E-state index contributed by atoms with van der Waals surface area (Å²) in [6.45, 7) is 1.11.